The zero-order chi connectivity index (χ0) is 15.6. The van der Waals surface area contributed by atoms with E-state index in [9.17, 15) is 13.2 Å². The Kier molecular flexibility index (Phi) is 6.18. The van der Waals surface area contributed by atoms with Crippen LogP contribution in [0.2, 0.25) is 0 Å². The molecule has 1 aliphatic rings. The van der Waals surface area contributed by atoms with Crippen LogP contribution in [0.5, 0.6) is 5.75 Å². The maximum absolute atomic E-state index is 12.3. The number of nitrogens with two attached hydrogens (primary N) is 2. The molecule has 0 radical (unpaired) electrons. The van der Waals surface area contributed by atoms with Crippen LogP contribution in [0.1, 0.15) is 23.2 Å². The Morgan fingerprint density at radius 3 is 2.55 bits per heavy atom. The molecule has 0 aliphatic heterocycles. The molecular weight excluding hydrogens is 330 g/mol. The molecule has 124 valence electrons. The maximum atomic E-state index is 12.3. The van der Waals surface area contributed by atoms with Gasteiger partial charge in [-0.3, -0.25) is 4.79 Å². The lowest BCUT2D eigenvalue weighted by Crippen LogP contribution is -2.41. The molecule has 1 unspecified atom stereocenters. The number of primary sulfonamides is 1. The van der Waals surface area contributed by atoms with Gasteiger partial charge in [-0.25, -0.2) is 13.6 Å². The van der Waals surface area contributed by atoms with E-state index >= 15 is 0 Å². The molecule has 1 saturated carbocycles. The van der Waals surface area contributed by atoms with Crippen molar-refractivity contribution in [3.05, 3.63) is 23.8 Å². The Morgan fingerprint density at radius 1 is 1.45 bits per heavy atom. The van der Waals surface area contributed by atoms with E-state index in [-0.39, 0.29) is 34.7 Å². The number of nitrogens with one attached hydrogen (secondary N) is 1. The monoisotopic (exact) mass is 349 g/mol. The van der Waals surface area contributed by atoms with E-state index in [2.05, 4.69) is 5.32 Å². The Morgan fingerprint density at radius 2 is 2.09 bits per heavy atom. The van der Waals surface area contributed by atoms with Crippen LogP contribution in [-0.4, -0.2) is 34.0 Å². The molecule has 1 fully saturated rings. The number of carbonyl (C=O) groups excluding carboxylic acids is 1. The maximum Gasteiger partial charge on any atom is 0.255 e. The number of hydrogen-bond acceptors (Lipinski definition) is 5. The Balaban J connectivity index is 0.00000242. The summed E-state index contributed by atoms with van der Waals surface area (Å²) in [6.45, 7) is 0.341. The van der Waals surface area contributed by atoms with Gasteiger partial charge in [-0.2, -0.15) is 0 Å². The molecular formula is C13H20ClN3O4S. The summed E-state index contributed by atoms with van der Waals surface area (Å²) in [6.07, 6.45) is 2.08. The molecule has 0 spiro atoms. The third kappa shape index (κ3) is 4.33. The zero-order valence-electron chi connectivity index (χ0n) is 12.1. The van der Waals surface area contributed by atoms with E-state index in [0.29, 0.717) is 12.5 Å². The van der Waals surface area contributed by atoms with Crippen LogP contribution in [-0.2, 0) is 10.0 Å². The van der Waals surface area contributed by atoms with Gasteiger partial charge in [0.15, 0.2) is 0 Å². The van der Waals surface area contributed by atoms with Gasteiger partial charge in [0.05, 0.1) is 17.6 Å². The molecule has 7 nitrogen and oxygen atoms in total. The van der Waals surface area contributed by atoms with Crippen molar-refractivity contribution < 1.29 is 17.9 Å². The Hall–Kier alpha value is -1.35. The highest BCUT2D eigenvalue weighted by atomic mass is 35.5. The molecule has 1 aromatic rings. The van der Waals surface area contributed by atoms with Crippen molar-refractivity contribution in [3.63, 3.8) is 0 Å². The number of halogens is 1. The summed E-state index contributed by atoms with van der Waals surface area (Å²) in [5, 5.41) is 7.90. The van der Waals surface area contributed by atoms with Gasteiger partial charge < -0.3 is 15.8 Å². The summed E-state index contributed by atoms with van der Waals surface area (Å²) in [6, 6.07) is 3.81. The minimum Gasteiger partial charge on any atom is -0.496 e. The van der Waals surface area contributed by atoms with Gasteiger partial charge in [-0.1, -0.05) is 0 Å². The standard InChI is InChI=1S/C13H19N3O4S.ClH/c1-20-12-5-4-9(21(15,18)19)6-10(12)13(17)16-11(7-14)8-2-3-8;/h4-6,8,11H,2-3,7,14H2,1H3,(H,16,17)(H2,15,18,19);1H. The van der Waals surface area contributed by atoms with Gasteiger partial charge in [-0.15, -0.1) is 12.4 Å². The third-order valence-electron chi connectivity index (χ3n) is 3.51. The van der Waals surface area contributed by atoms with Gasteiger partial charge in [0.25, 0.3) is 5.91 Å². The third-order valence-corrected chi connectivity index (χ3v) is 4.42. The number of carbonyl (C=O) groups is 1. The molecule has 0 saturated heterocycles. The van der Waals surface area contributed by atoms with Crippen molar-refractivity contribution in [1.29, 1.82) is 0 Å². The number of amides is 1. The molecule has 1 aliphatic carbocycles. The molecule has 1 atom stereocenters. The van der Waals surface area contributed by atoms with E-state index in [0.717, 1.165) is 12.8 Å². The Bertz CT molecular complexity index is 647. The van der Waals surface area contributed by atoms with Gasteiger partial charge in [0.1, 0.15) is 5.75 Å². The first-order valence-electron chi connectivity index (χ1n) is 6.58. The van der Waals surface area contributed by atoms with Gasteiger partial charge in [-0.05, 0) is 37.0 Å². The average molecular weight is 350 g/mol. The van der Waals surface area contributed by atoms with Crippen molar-refractivity contribution >= 4 is 28.3 Å². The summed E-state index contributed by atoms with van der Waals surface area (Å²) >= 11 is 0. The molecule has 9 heteroatoms. The first kappa shape index (κ1) is 18.7. The minimum atomic E-state index is -3.88. The normalized spacial score (nSPS) is 15.6. The first-order valence-corrected chi connectivity index (χ1v) is 8.13. The van der Waals surface area contributed by atoms with Crippen LogP contribution in [0, 0.1) is 5.92 Å². The van der Waals surface area contributed by atoms with Crippen molar-refractivity contribution in [2.45, 2.75) is 23.8 Å². The molecule has 2 rings (SSSR count). The van der Waals surface area contributed by atoms with Crippen LogP contribution in [0.3, 0.4) is 0 Å². The quantitative estimate of drug-likeness (QED) is 0.678. The van der Waals surface area contributed by atoms with E-state index in [1.54, 1.807) is 0 Å². The smallest absolute Gasteiger partial charge is 0.255 e. The van der Waals surface area contributed by atoms with E-state index in [1.165, 1.54) is 25.3 Å². The second-order valence-electron chi connectivity index (χ2n) is 5.06. The number of ether oxygens (including phenoxy) is 1. The lowest BCUT2D eigenvalue weighted by Gasteiger charge is -2.17. The summed E-state index contributed by atoms with van der Waals surface area (Å²) in [5.41, 5.74) is 5.78. The lowest BCUT2D eigenvalue weighted by molar-refractivity contribution is 0.0930. The molecule has 0 heterocycles. The first-order chi connectivity index (χ1) is 9.86. The number of rotatable bonds is 6. The van der Waals surface area contributed by atoms with Crippen molar-refractivity contribution in [3.8, 4) is 5.75 Å². The van der Waals surface area contributed by atoms with Gasteiger partial charge in [0.2, 0.25) is 10.0 Å². The summed E-state index contributed by atoms with van der Waals surface area (Å²) in [5.74, 6) is 0.262. The highest BCUT2D eigenvalue weighted by molar-refractivity contribution is 7.89. The zero-order valence-corrected chi connectivity index (χ0v) is 13.7. The second-order valence-corrected chi connectivity index (χ2v) is 6.62. The van der Waals surface area contributed by atoms with Crippen LogP contribution < -0.4 is 20.9 Å². The van der Waals surface area contributed by atoms with Crippen molar-refractivity contribution in [2.24, 2.45) is 16.8 Å². The fourth-order valence-corrected chi connectivity index (χ4v) is 2.70. The highest BCUT2D eigenvalue weighted by Gasteiger charge is 2.32. The van der Waals surface area contributed by atoms with Crippen LogP contribution in [0.4, 0.5) is 0 Å². The van der Waals surface area contributed by atoms with E-state index in [1.807, 2.05) is 0 Å². The highest BCUT2D eigenvalue weighted by Crippen LogP contribution is 2.32. The lowest BCUT2D eigenvalue weighted by atomic mass is 10.1. The molecule has 0 bridgehead atoms. The fourth-order valence-electron chi connectivity index (χ4n) is 2.16. The topological polar surface area (TPSA) is 125 Å². The summed E-state index contributed by atoms with van der Waals surface area (Å²) in [7, 11) is -2.48. The number of sulfonamides is 1. The van der Waals surface area contributed by atoms with E-state index in [4.69, 9.17) is 15.6 Å². The summed E-state index contributed by atoms with van der Waals surface area (Å²) < 4.78 is 27.9. The molecule has 22 heavy (non-hydrogen) atoms. The summed E-state index contributed by atoms with van der Waals surface area (Å²) in [4.78, 5) is 12.2. The molecule has 1 aromatic carbocycles. The fraction of sp³-hybridized carbons (Fsp3) is 0.462. The van der Waals surface area contributed by atoms with Gasteiger partial charge in [0, 0.05) is 12.6 Å². The predicted molar refractivity (Wildman–Crippen MR) is 84.6 cm³/mol. The average Bonchev–Trinajstić information content (AvgIpc) is 3.27. The minimum absolute atomic E-state index is 0. The Labute approximate surface area is 135 Å². The van der Waals surface area contributed by atoms with Crippen LogP contribution >= 0.6 is 12.4 Å². The van der Waals surface area contributed by atoms with E-state index < -0.39 is 15.9 Å². The van der Waals surface area contributed by atoms with Crippen LogP contribution in [0.25, 0.3) is 0 Å². The number of benzene rings is 1. The van der Waals surface area contributed by atoms with Gasteiger partial charge >= 0.3 is 0 Å². The van der Waals surface area contributed by atoms with Crippen molar-refractivity contribution in [2.75, 3.05) is 13.7 Å². The molecule has 1 amide bonds. The largest absolute Gasteiger partial charge is 0.496 e. The van der Waals surface area contributed by atoms with Crippen molar-refractivity contribution in [1.82, 2.24) is 5.32 Å². The number of hydrogen-bond donors (Lipinski definition) is 3. The second kappa shape index (κ2) is 7.28. The van der Waals surface area contributed by atoms with Crippen LogP contribution in [0.15, 0.2) is 23.1 Å². The SMILES string of the molecule is COc1ccc(S(N)(=O)=O)cc1C(=O)NC(CN)C1CC1.Cl. The number of methoxy groups -OCH3 is 1. The molecule has 5 N–H and O–H groups in total. The molecule has 0 aromatic heterocycles. The predicted octanol–water partition coefficient (Wildman–Crippen LogP) is 0.232.